The molecule has 0 fully saturated rings. The van der Waals surface area contributed by atoms with Gasteiger partial charge in [0.05, 0.1) is 22.8 Å². The summed E-state index contributed by atoms with van der Waals surface area (Å²) >= 11 is 0. The van der Waals surface area contributed by atoms with Gasteiger partial charge in [0, 0.05) is 66.6 Å². The zero-order valence-corrected chi connectivity index (χ0v) is 62.6. The molecule has 16 bridgehead atoms. The van der Waals surface area contributed by atoms with Gasteiger partial charge in [0.2, 0.25) is 0 Å². The zero-order valence-electron chi connectivity index (χ0n) is 56.6. The predicted molar refractivity (Wildman–Crippen MR) is 366 cm³/mol. The SMILES string of the molecule is CCC1=C(C)/C2=C/c3[n-]c(c(C)c3CC)/C(c3cccc4c3Oc3c(/C5=C6/[N-]C(/C=c7\[n-]/c(c(CC)c7C)=C\C7=NC(=C\c8[n-]c5c(C)c8CC)/C(C)=C7CC)C(CC)=C6C)cccc3C4(C)C)=C3\[N-]C(/C=c4\[n-]/c(c(CC)c4C)=C\C1=N2)C(CC)=C3C.[Zn].[Zn]. The third-order valence-electron chi connectivity index (χ3n) is 20.8. The van der Waals surface area contributed by atoms with Gasteiger partial charge in [-0.25, -0.2) is 9.98 Å². The van der Waals surface area contributed by atoms with Crippen molar-refractivity contribution >= 4 is 59.0 Å². The molecule has 2 atom stereocenters. The Kier molecular flexibility index (Phi) is 17.6. The monoisotopic (exact) mass is 1290 g/mol. The maximum Gasteiger partial charge on any atom is 0.139 e. The third kappa shape index (κ3) is 9.87. The second kappa shape index (κ2) is 24.5. The molecule has 0 amide bonds. The third-order valence-corrected chi connectivity index (χ3v) is 20.8. The van der Waals surface area contributed by atoms with Gasteiger partial charge in [0.25, 0.3) is 0 Å². The number of benzene rings is 2. The summed E-state index contributed by atoms with van der Waals surface area (Å²) in [7, 11) is 0. The second-order valence-corrected chi connectivity index (χ2v) is 25.6. The molecule has 6 aromatic rings. The molecule has 0 saturated carbocycles. The van der Waals surface area contributed by atoms with Crippen LogP contribution in [0.5, 0.6) is 11.5 Å². The van der Waals surface area contributed by atoms with Crippen molar-refractivity contribution in [2.24, 2.45) is 9.98 Å². The summed E-state index contributed by atoms with van der Waals surface area (Å²) in [5.41, 5.74) is 34.3. The van der Waals surface area contributed by atoms with E-state index in [0.29, 0.717) is 0 Å². The number of rotatable bonds is 10. The van der Waals surface area contributed by atoms with Crippen LogP contribution in [0, 0.1) is 27.7 Å². The molecule has 2 unspecified atom stereocenters. The Morgan fingerprint density at radius 2 is 0.822 bits per heavy atom. The minimum absolute atomic E-state index is 0. The summed E-state index contributed by atoms with van der Waals surface area (Å²) in [5, 5.41) is 15.7. The van der Waals surface area contributed by atoms with Crippen molar-refractivity contribution in [1.82, 2.24) is 19.9 Å². The molecular formula is C79H84N8OZn2-6. The van der Waals surface area contributed by atoms with Crippen LogP contribution in [-0.4, -0.2) is 23.5 Å². The maximum atomic E-state index is 7.96. The van der Waals surface area contributed by atoms with E-state index in [0.717, 1.165) is 186 Å². The van der Waals surface area contributed by atoms with E-state index in [-0.39, 0.29) is 51.0 Å². The van der Waals surface area contributed by atoms with Crippen LogP contribution in [0.1, 0.15) is 212 Å². The van der Waals surface area contributed by atoms with Gasteiger partial charge in [0.15, 0.2) is 0 Å². The molecule has 456 valence electrons. The fraction of sp³-hybridized carbons (Fsp3) is 0.367. The van der Waals surface area contributed by atoms with E-state index in [2.05, 4.69) is 197 Å². The molecule has 0 saturated heterocycles. The van der Waals surface area contributed by atoms with E-state index >= 15 is 0 Å². The average Bonchev–Trinajstić information content (AvgIpc) is 1.07. The Morgan fingerprint density at radius 1 is 0.433 bits per heavy atom. The Balaban J connectivity index is 0.00000417. The molecule has 7 aliphatic heterocycles. The van der Waals surface area contributed by atoms with Crippen LogP contribution in [0.25, 0.3) is 58.2 Å². The molecule has 9 nitrogen and oxygen atoms in total. The number of nitrogens with zero attached hydrogens (tertiary/aromatic N) is 8. The maximum absolute atomic E-state index is 7.96. The summed E-state index contributed by atoms with van der Waals surface area (Å²) in [6, 6.07) is 13.0. The largest absolute Gasteiger partial charge is 0.674 e. The predicted octanol–water partition coefficient (Wildman–Crippen LogP) is 15.5. The Bertz CT molecular complexity index is 4390. The number of ether oxygens (including phenoxy) is 1. The van der Waals surface area contributed by atoms with Gasteiger partial charge in [-0.1, -0.05) is 209 Å². The molecule has 0 N–H and O–H groups in total. The molecule has 13 rings (SSSR count). The quantitative estimate of drug-likeness (QED) is 0.127. The molecule has 0 radical (unpaired) electrons. The molecule has 4 aromatic heterocycles. The van der Waals surface area contributed by atoms with Crippen LogP contribution in [-0.2, 0) is 70.1 Å². The Morgan fingerprint density at radius 3 is 1.18 bits per heavy atom. The normalized spacial score (nSPS) is 23.0. The standard InChI is InChI=1S/C79H84N8O.2Zn/c1-19-47-39(9)59-33-67-51(23-5)43(13)73(84-67)71(74-44(14)52(24-6)68(85-74)34-60-40(10)48(20-2)64(81-60)37-63(47)80-59)55-29-27-31-57-77(55)88-78-56(30-28-32-58(78)79(57,17)18)72-75-45(15)53(25-7)69(86-75)35-61-41(11)49(21-3)65(82-61)38-66-50(22-4)42(12)62(83-66)36-70-54(26-8)46(16)76(72)87-70;;/h27-38,67,69H,19-26H2,1-18H3;;/q-6;;/b59-33-,60-34-,61-35-,62-36-,63-37-,65-38-,73-71-,75-72-;;. The topological polar surface area (TPSA) is 119 Å². The van der Waals surface area contributed by atoms with Crippen LogP contribution in [0.3, 0.4) is 0 Å². The van der Waals surface area contributed by atoms with Gasteiger partial charge in [-0.05, 0) is 140 Å². The van der Waals surface area contributed by atoms with Gasteiger partial charge >= 0.3 is 0 Å². The number of fused-ring (bicyclic) bond motifs is 16. The molecule has 0 aliphatic carbocycles. The van der Waals surface area contributed by atoms with E-state index in [1.165, 1.54) is 78.0 Å². The van der Waals surface area contributed by atoms with Crippen LogP contribution < -0.4 is 46.1 Å². The molecule has 11 heterocycles. The first-order valence-electron chi connectivity index (χ1n) is 32.7. The first kappa shape index (κ1) is 64.5. The van der Waals surface area contributed by atoms with Crippen molar-refractivity contribution in [1.29, 1.82) is 0 Å². The Labute approximate surface area is 559 Å². The number of allylic oxidation sites excluding steroid dienone is 6. The van der Waals surface area contributed by atoms with Crippen molar-refractivity contribution in [3.63, 3.8) is 0 Å². The van der Waals surface area contributed by atoms with Gasteiger partial charge in [-0.15, -0.1) is 67.7 Å². The number of para-hydroxylation sites is 2. The van der Waals surface area contributed by atoms with Crippen LogP contribution >= 0.6 is 0 Å². The Hall–Kier alpha value is -7.05. The van der Waals surface area contributed by atoms with Crippen molar-refractivity contribution in [3.8, 4) is 11.5 Å². The summed E-state index contributed by atoms with van der Waals surface area (Å²) in [6.45, 7) is 40.6. The molecule has 0 spiro atoms. The summed E-state index contributed by atoms with van der Waals surface area (Å²) in [5.74, 6) is 1.61. The average molecular weight is 1290 g/mol. The van der Waals surface area contributed by atoms with Crippen LogP contribution in [0.4, 0.5) is 0 Å². The zero-order chi connectivity index (χ0) is 62.1. The number of aliphatic imine (C=N–C) groups is 2. The van der Waals surface area contributed by atoms with Crippen molar-refractivity contribution in [2.45, 2.75) is 193 Å². The van der Waals surface area contributed by atoms with Crippen molar-refractivity contribution in [2.75, 3.05) is 0 Å². The minimum Gasteiger partial charge on any atom is -0.674 e. The fourth-order valence-corrected chi connectivity index (χ4v) is 15.8. The van der Waals surface area contributed by atoms with Crippen molar-refractivity contribution < 1.29 is 43.7 Å². The molecule has 2 aromatic carbocycles. The summed E-state index contributed by atoms with van der Waals surface area (Å²) in [4.78, 5) is 33.3. The van der Waals surface area contributed by atoms with Gasteiger partial charge < -0.3 is 35.3 Å². The van der Waals surface area contributed by atoms with Crippen molar-refractivity contribution in [3.05, 3.63) is 225 Å². The van der Waals surface area contributed by atoms with E-state index in [1.807, 2.05) is 0 Å². The van der Waals surface area contributed by atoms with Gasteiger partial charge in [0.1, 0.15) is 11.5 Å². The summed E-state index contributed by atoms with van der Waals surface area (Å²) < 4.78 is 7.96. The fourth-order valence-electron chi connectivity index (χ4n) is 15.8. The first-order chi connectivity index (χ1) is 42.3. The molecular weight excluding hydrogens is 1210 g/mol. The number of hydrogen-bond acceptors (Lipinski definition) is 3. The molecule has 7 aliphatic rings. The smallest absolute Gasteiger partial charge is 0.139 e. The first-order valence-corrected chi connectivity index (χ1v) is 32.7. The minimum atomic E-state index is -0.526. The summed E-state index contributed by atoms with van der Waals surface area (Å²) in [6.07, 6.45) is 20.3. The van der Waals surface area contributed by atoms with E-state index in [1.54, 1.807) is 0 Å². The van der Waals surface area contributed by atoms with Gasteiger partial charge in [-0.3, -0.25) is 0 Å². The van der Waals surface area contributed by atoms with Crippen LogP contribution in [0.15, 0.2) is 114 Å². The van der Waals surface area contributed by atoms with Crippen LogP contribution in [0.2, 0.25) is 0 Å². The molecule has 90 heavy (non-hydrogen) atoms. The molecule has 11 heteroatoms. The second-order valence-electron chi connectivity index (χ2n) is 25.6. The number of hydrogen-bond donors (Lipinski definition) is 0. The van der Waals surface area contributed by atoms with Gasteiger partial charge in [-0.2, -0.15) is 0 Å². The van der Waals surface area contributed by atoms with E-state index in [4.69, 9.17) is 45.3 Å². The number of aromatic nitrogens is 4. The van der Waals surface area contributed by atoms with E-state index in [9.17, 15) is 0 Å². The van der Waals surface area contributed by atoms with E-state index < -0.39 is 5.41 Å².